The van der Waals surface area contributed by atoms with Gasteiger partial charge in [-0.15, -0.1) is 0 Å². The van der Waals surface area contributed by atoms with Crippen molar-refractivity contribution >= 4 is 11.9 Å². The Morgan fingerprint density at radius 2 is 1.94 bits per heavy atom. The summed E-state index contributed by atoms with van der Waals surface area (Å²) in [5, 5.41) is 0. The minimum absolute atomic E-state index is 0.0939. The first kappa shape index (κ1) is 9.14. The van der Waals surface area contributed by atoms with Crippen molar-refractivity contribution in [3.8, 4) is 5.75 Å². The van der Waals surface area contributed by atoms with Crippen molar-refractivity contribution in [1.29, 1.82) is 0 Å². The Hall–Kier alpha value is -1.84. The molecule has 0 fully saturated rings. The van der Waals surface area contributed by atoms with Gasteiger partial charge in [0.25, 0.3) is 0 Å². The van der Waals surface area contributed by atoms with E-state index in [1.165, 1.54) is 6.92 Å². The predicted octanol–water partition coefficient (Wildman–Crippen LogP) is 2.50. The number of benzene rings is 1. The molecule has 4 heteroatoms. The molecule has 0 amide bonds. The van der Waals surface area contributed by atoms with Crippen molar-refractivity contribution in [1.82, 2.24) is 0 Å². The van der Waals surface area contributed by atoms with Gasteiger partial charge in [0, 0.05) is 19.3 Å². The standard InChI is InChI=1S/C14H18O4/c1-10(17-11(2)15)4-5-13-6-8-14(9-7-13)18-12(3)16/h6-10H,4-5H2,1-3H3/t10-/m1/s1/i1D3,4D/t4-,10-. The van der Waals surface area contributed by atoms with Gasteiger partial charge in [-0.3, -0.25) is 9.59 Å². The largest absolute Gasteiger partial charge is 0.463 e. The highest BCUT2D eigenvalue weighted by Crippen LogP contribution is 2.14. The van der Waals surface area contributed by atoms with E-state index in [4.69, 9.17) is 15.0 Å². The van der Waals surface area contributed by atoms with E-state index >= 15 is 0 Å². The molecule has 0 N–H and O–H groups in total. The second kappa shape index (κ2) is 6.79. The smallest absolute Gasteiger partial charge is 0.308 e. The van der Waals surface area contributed by atoms with Gasteiger partial charge < -0.3 is 9.47 Å². The number of carbonyl (C=O) groups excluding carboxylic acids is 2. The number of ether oxygens (including phenoxy) is 2. The molecular weight excluding hydrogens is 232 g/mol. The van der Waals surface area contributed by atoms with E-state index in [1.54, 1.807) is 24.3 Å². The highest BCUT2D eigenvalue weighted by atomic mass is 16.5. The van der Waals surface area contributed by atoms with Crippen molar-refractivity contribution in [2.45, 2.75) is 39.6 Å². The average Bonchev–Trinajstić information content (AvgIpc) is 2.36. The summed E-state index contributed by atoms with van der Waals surface area (Å²) in [5.41, 5.74) is 0.678. The first-order valence-electron chi connectivity index (χ1n) is 7.54. The molecule has 0 bridgehead atoms. The first-order chi connectivity index (χ1) is 10.1. The summed E-state index contributed by atoms with van der Waals surface area (Å²) in [6, 6.07) is 6.37. The molecule has 0 aromatic heterocycles. The fraction of sp³-hybridized carbons (Fsp3) is 0.429. The summed E-state index contributed by atoms with van der Waals surface area (Å²) in [4.78, 5) is 21.8. The summed E-state index contributed by atoms with van der Waals surface area (Å²) in [7, 11) is 0. The molecule has 0 saturated heterocycles. The molecule has 2 atom stereocenters. The summed E-state index contributed by atoms with van der Waals surface area (Å²) in [6.45, 7) is -0.164. The number of carbonyl (C=O) groups is 2. The van der Waals surface area contributed by atoms with E-state index in [0.717, 1.165) is 6.92 Å². The van der Waals surface area contributed by atoms with Crippen LogP contribution in [0.4, 0.5) is 0 Å². The summed E-state index contributed by atoms with van der Waals surface area (Å²) in [5.74, 6) is -0.808. The molecule has 18 heavy (non-hydrogen) atoms. The Kier molecular flexibility index (Phi) is 3.45. The second-order valence-corrected chi connectivity index (χ2v) is 3.71. The minimum atomic E-state index is -2.56. The molecule has 0 aliphatic rings. The van der Waals surface area contributed by atoms with Crippen LogP contribution < -0.4 is 4.74 Å². The normalized spacial score (nSPS) is 17.4. The van der Waals surface area contributed by atoms with Gasteiger partial charge in [0.1, 0.15) is 5.75 Å². The Morgan fingerprint density at radius 3 is 2.44 bits per heavy atom. The van der Waals surface area contributed by atoms with Gasteiger partial charge in [-0.1, -0.05) is 12.1 Å². The quantitative estimate of drug-likeness (QED) is 0.598. The lowest BCUT2D eigenvalue weighted by atomic mass is 10.1. The van der Waals surface area contributed by atoms with Crippen LogP contribution in [0.5, 0.6) is 5.75 Å². The molecule has 0 aliphatic carbocycles. The zero-order chi connectivity index (χ0) is 16.9. The molecule has 4 nitrogen and oxygen atoms in total. The maximum Gasteiger partial charge on any atom is 0.308 e. The molecular formula is C14H18O4. The van der Waals surface area contributed by atoms with Crippen LogP contribution in [-0.2, 0) is 20.7 Å². The predicted molar refractivity (Wildman–Crippen MR) is 67.3 cm³/mol. The first-order valence-corrected chi connectivity index (χ1v) is 5.46. The van der Waals surface area contributed by atoms with E-state index in [0.29, 0.717) is 11.3 Å². The second-order valence-electron chi connectivity index (χ2n) is 3.71. The van der Waals surface area contributed by atoms with E-state index in [1.807, 2.05) is 0 Å². The SMILES string of the molecule is [2H][C@H](Cc1ccc(OC(C)=O)cc1)[C@H](OC(C)=O)C([2H])([2H])[2H]. The monoisotopic (exact) mass is 254 g/mol. The number of rotatable bonds is 5. The summed E-state index contributed by atoms with van der Waals surface area (Å²) < 4.78 is 39.7. The fourth-order valence-electron chi connectivity index (χ4n) is 1.33. The molecule has 1 aromatic rings. The average molecular weight is 254 g/mol. The van der Waals surface area contributed by atoms with Crippen LogP contribution in [0.2, 0.25) is 0 Å². The van der Waals surface area contributed by atoms with Crippen molar-refractivity contribution in [3.05, 3.63) is 29.8 Å². The number of hydrogen-bond donors (Lipinski definition) is 0. The van der Waals surface area contributed by atoms with Crippen molar-refractivity contribution in [3.63, 3.8) is 0 Å². The third kappa shape index (κ3) is 5.48. The third-order valence-electron chi connectivity index (χ3n) is 2.05. The minimum Gasteiger partial charge on any atom is -0.463 e. The van der Waals surface area contributed by atoms with Crippen LogP contribution in [0, 0.1) is 0 Å². The molecule has 0 radical (unpaired) electrons. The van der Waals surface area contributed by atoms with Gasteiger partial charge in [-0.05, 0) is 37.4 Å². The maximum absolute atomic E-state index is 11.0. The Morgan fingerprint density at radius 1 is 1.28 bits per heavy atom. The van der Waals surface area contributed by atoms with Gasteiger partial charge in [0.15, 0.2) is 0 Å². The lowest BCUT2D eigenvalue weighted by molar-refractivity contribution is -0.145. The third-order valence-corrected chi connectivity index (χ3v) is 2.05. The molecule has 0 spiro atoms. The fourth-order valence-corrected chi connectivity index (χ4v) is 1.33. The van der Waals surface area contributed by atoms with Crippen LogP contribution in [0.25, 0.3) is 0 Å². The number of hydrogen-bond acceptors (Lipinski definition) is 4. The highest BCUT2D eigenvalue weighted by Gasteiger charge is 2.06. The van der Waals surface area contributed by atoms with Crippen molar-refractivity contribution in [2.24, 2.45) is 0 Å². The number of esters is 2. The van der Waals surface area contributed by atoms with Crippen molar-refractivity contribution in [2.75, 3.05) is 0 Å². The molecule has 1 rings (SSSR count). The van der Waals surface area contributed by atoms with E-state index in [2.05, 4.69) is 0 Å². The van der Waals surface area contributed by atoms with E-state index in [9.17, 15) is 9.59 Å². The lowest BCUT2D eigenvalue weighted by Crippen LogP contribution is -2.12. The van der Waals surface area contributed by atoms with E-state index < -0.39 is 31.3 Å². The summed E-state index contributed by atoms with van der Waals surface area (Å²) in [6.07, 6.45) is -2.52. The molecule has 0 unspecified atom stereocenters. The van der Waals surface area contributed by atoms with Crippen LogP contribution in [0.3, 0.4) is 0 Å². The van der Waals surface area contributed by atoms with Crippen LogP contribution in [0.15, 0.2) is 24.3 Å². The summed E-state index contributed by atoms with van der Waals surface area (Å²) >= 11 is 0. The lowest BCUT2D eigenvalue weighted by Gasteiger charge is -2.11. The molecule has 98 valence electrons. The van der Waals surface area contributed by atoms with Gasteiger partial charge >= 0.3 is 11.9 Å². The number of aryl methyl sites for hydroxylation is 1. The zero-order valence-electron chi connectivity index (χ0n) is 14.3. The van der Waals surface area contributed by atoms with Crippen LogP contribution in [-0.4, -0.2) is 18.0 Å². The maximum atomic E-state index is 11.0. The van der Waals surface area contributed by atoms with Crippen molar-refractivity contribution < 1.29 is 24.5 Å². The van der Waals surface area contributed by atoms with Crippen LogP contribution >= 0.6 is 0 Å². The Balaban J connectivity index is 2.78. The molecule has 0 aliphatic heterocycles. The molecule has 0 saturated carbocycles. The highest BCUT2D eigenvalue weighted by molar-refractivity contribution is 5.69. The Bertz CT molecular complexity index is 525. The zero-order valence-corrected chi connectivity index (χ0v) is 10.3. The Labute approximate surface area is 113 Å². The van der Waals surface area contributed by atoms with Gasteiger partial charge in [0.2, 0.25) is 0 Å². The van der Waals surface area contributed by atoms with Gasteiger partial charge in [-0.2, -0.15) is 0 Å². The topological polar surface area (TPSA) is 52.6 Å². The van der Waals surface area contributed by atoms with Gasteiger partial charge in [0.05, 0.1) is 6.10 Å². The van der Waals surface area contributed by atoms with E-state index in [-0.39, 0.29) is 6.42 Å². The van der Waals surface area contributed by atoms with Gasteiger partial charge in [-0.25, -0.2) is 0 Å². The molecule has 1 aromatic carbocycles. The molecule has 0 heterocycles. The van der Waals surface area contributed by atoms with Crippen LogP contribution in [0.1, 0.15) is 38.1 Å².